The van der Waals surface area contributed by atoms with E-state index >= 15 is 0 Å². The van der Waals surface area contributed by atoms with Crippen molar-refractivity contribution in [3.8, 4) is 6.07 Å². The summed E-state index contributed by atoms with van der Waals surface area (Å²) in [5, 5.41) is 15.8. The molecule has 2 aliphatic rings. The molecule has 3 rings (SSSR count). The lowest BCUT2D eigenvalue weighted by molar-refractivity contribution is -0.120. The Balaban J connectivity index is 1.65. The van der Waals surface area contributed by atoms with Crippen LogP contribution in [0.3, 0.4) is 0 Å². The predicted molar refractivity (Wildman–Crippen MR) is 77.0 cm³/mol. The number of hydrogen-bond donors (Lipinski definition) is 1. The highest BCUT2D eigenvalue weighted by Gasteiger charge is 2.28. The average molecular weight is 287 g/mol. The summed E-state index contributed by atoms with van der Waals surface area (Å²) in [4.78, 5) is 13.9. The Bertz CT molecular complexity index is 582. The maximum atomic E-state index is 11.4. The smallest absolute Gasteiger partial charge is 0.234 e. The Labute approximate surface area is 124 Å². The second kappa shape index (κ2) is 5.86. The molecular formula is C15H21N5O. The van der Waals surface area contributed by atoms with E-state index in [-0.39, 0.29) is 12.3 Å². The molecule has 0 radical (unpaired) electrons. The van der Waals surface area contributed by atoms with Gasteiger partial charge in [0.1, 0.15) is 6.42 Å². The van der Waals surface area contributed by atoms with E-state index in [0.717, 1.165) is 31.1 Å². The standard InChI is InChI=1S/C15H21N5O/c1-19-14-10-20(9-11-2-3-11)7-5-12(14)13(18-19)8-17-15(21)4-6-16/h11H,2-5,7-10H2,1H3,(H,17,21). The summed E-state index contributed by atoms with van der Waals surface area (Å²) in [7, 11) is 1.97. The van der Waals surface area contributed by atoms with Crippen LogP contribution in [0, 0.1) is 17.2 Å². The zero-order valence-corrected chi connectivity index (χ0v) is 12.4. The van der Waals surface area contributed by atoms with E-state index in [2.05, 4.69) is 15.3 Å². The number of carbonyl (C=O) groups excluding carboxylic acids is 1. The first kappa shape index (κ1) is 14.1. The summed E-state index contributed by atoms with van der Waals surface area (Å²) in [5.41, 5.74) is 3.50. The van der Waals surface area contributed by atoms with Crippen LogP contribution in [0.4, 0.5) is 0 Å². The van der Waals surface area contributed by atoms with Crippen molar-refractivity contribution in [2.45, 2.75) is 38.8 Å². The van der Waals surface area contributed by atoms with Crippen LogP contribution in [-0.4, -0.2) is 33.7 Å². The third-order valence-corrected chi connectivity index (χ3v) is 4.32. The van der Waals surface area contributed by atoms with Crippen LogP contribution >= 0.6 is 0 Å². The minimum Gasteiger partial charge on any atom is -0.349 e. The molecule has 1 saturated carbocycles. The van der Waals surface area contributed by atoms with Gasteiger partial charge in [-0.1, -0.05) is 0 Å². The number of nitrogens with zero attached hydrogens (tertiary/aromatic N) is 4. The molecule has 1 aromatic rings. The lowest BCUT2D eigenvalue weighted by atomic mass is 10.0. The second-order valence-electron chi connectivity index (χ2n) is 6.04. The highest BCUT2D eigenvalue weighted by atomic mass is 16.1. The molecule has 1 aliphatic carbocycles. The van der Waals surface area contributed by atoms with E-state index in [0.29, 0.717) is 6.54 Å². The van der Waals surface area contributed by atoms with Gasteiger partial charge >= 0.3 is 0 Å². The topological polar surface area (TPSA) is 74.0 Å². The minimum atomic E-state index is -0.233. The highest BCUT2D eigenvalue weighted by Crippen LogP contribution is 2.31. The van der Waals surface area contributed by atoms with Gasteiger partial charge in [0, 0.05) is 32.2 Å². The van der Waals surface area contributed by atoms with Gasteiger partial charge in [0.15, 0.2) is 0 Å². The molecule has 6 nitrogen and oxygen atoms in total. The van der Waals surface area contributed by atoms with Gasteiger partial charge in [-0.3, -0.25) is 14.4 Å². The SMILES string of the molecule is Cn1nc(CNC(=O)CC#N)c2c1CN(CC1CC1)CC2. The number of nitriles is 1. The van der Waals surface area contributed by atoms with Gasteiger partial charge in [-0.25, -0.2) is 0 Å². The van der Waals surface area contributed by atoms with Crippen LogP contribution in [0.25, 0.3) is 0 Å². The molecular weight excluding hydrogens is 266 g/mol. The molecule has 0 atom stereocenters. The Morgan fingerprint density at radius 3 is 3.05 bits per heavy atom. The minimum absolute atomic E-state index is 0.0931. The molecule has 1 fully saturated rings. The van der Waals surface area contributed by atoms with Crippen LogP contribution in [0.2, 0.25) is 0 Å². The molecule has 1 aliphatic heterocycles. The summed E-state index contributed by atoms with van der Waals surface area (Å²) < 4.78 is 1.94. The Kier molecular flexibility index (Phi) is 3.93. The maximum absolute atomic E-state index is 11.4. The quantitative estimate of drug-likeness (QED) is 0.866. The van der Waals surface area contributed by atoms with Crippen molar-refractivity contribution in [3.63, 3.8) is 0 Å². The van der Waals surface area contributed by atoms with Crippen molar-refractivity contribution in [3.05, 3.63) is 17.0 Å². The summed E-state index contributed by atoms with van der Waals surface area (Å²) in [6.07, 6.45) is 3.67. The average Bonchev–Trinajstić information content (AvgIpc) is 3.22. The Hall–Kier alpha value is -1.87. The van der Waals surface area contributed by atoms with Crippen LogP contribution < -0.4 is 5.32 Å². The van der Waals surface area contributed by atoms with Crippen molar-refractivity contribution in [2.24, 2.45) is 13.0 Å². The summed E-state index contributed by atoms with van der Waals surface area (Å²) in [5.74, 6) is 0.674. The largest absolute Gasteiger partial charge is 0.349 e. The molecule has 2 heterocycles. The Morgan fingerprint density at radius 1 is 1.52 bits per heavy atom. The van der Waals surface area contributed by atoms with E-state index in [1.54, 1.807) is 0 Å². The number of amides is 1. The first-order valence-corrected chi connectivity index (χ1v) is 7.57. The fourth-order valence-electron chi connectivity index (χ4n) is 2.99. The maximum Gasteiger partial charge on any atom is 0.234 e. The normalized spacial score (nSPS) is 18.1. The molecule has 1 N–H and O–H groups in total. The van der Waals surface area contributed by atoms with Gasteiger partial charge in [0.2, 0.25) is 5.91 Å². The molecule has 0 aromatic carbocycles. The number of rotatable bonds is 5. The zero-order valence-electron chi connectivity index (χ0n) is 12.4. The van der Waals surface area contributed by atoms with Crippen LogP contribution in [0.5, 0.6) is 0 Å². The van der Waals surface area contributed by atoms with Gasteiger partial charge in [-0.05, 0) is 25.2 Å². The van der Waals surface area contributed by atoms with Crippen LogP contribution in [0.1, 0.15) is 36.2 Å². The molecule has 1 amide bonds. The van der Waals surface area contributed by atoms with E-state index in [1.807, 2.05) is 17.8 Å². The van der Waals surface area contributed by atoms with Crippen LogP contribution in [-0.2, 0) is 31.4 Å². The fraction of sp³-hybridized carbons (Fsp3) is 0.667. The van der Waals surface area contributed by atoms with E-state index in [9.17, 15) is 4.79 Å². The van der Waals surface area contributed by atoms with Crippen molar-refractivity contribution in [2.75, 3.05) is 13.1 Å². The number of aromatic nitrogens is 2. The molecule has 112 valence electrons. The number of hydrogen-bond acceptors (Lipinski definition) is 4. The van der Waals surface area contributed by atoms with Gasteiger partial charge in [-0.15, -0.1) is 0 Å². The van der Waals surface area contributed by atoms with E-state index in [1.165, 1.54) is 30.6 Å². The number of aryl methyl sites for hydroxylation is 1. The van der Waals surface area contributed by atoms with E-state index in [4.69, 9.17) is 5.26 Å². The molecule has 0 spiro atoms. The molecule has 21 heavy (non-hydrogen) atoms. The zero-order chi connectivity index (χ0) is 14.8. The summed E-state index contributed by atoms with van der Waals surface area (Å²) >= 11 is 0. The van der Waals surface area contributed by atoms with Crippen molar-refractivity contribution >= 4 is 5.91 Å². The lowest BCUT2D eigenvalue weighted by Gasteiger charge is -2.27. The molecule has 6 heteroatoms. The monoisotopic (exact) mass is 287 g/mol. The van der Waals surface area contributed by atoms with Gasteiger partial charge < -0.3 is 5.32 Å². The highest BCUT2D eigenvalue weighted by molar-refractivity contribution is 5.77. The third-order valence-electron chi connectivity index (χ3n) is 4.32. The number of fused-ring (bicyclic) bond motifs is 1. The van der Waals surface area contributed by atoms with Gasteiger partial charge in [-0.2, -0.15) is 10.4 Å². The van der Waals surface area contributed by atoms with Gasteiger partial charge in [0.25, 0.3) is 0 Å². The first-order chi connectivity index (χ1) is 10.2. The predicted octanol–water partition coefficient (Wildman–Crippen LogP) is 0.718. The number of nitrogens with one attached hydrogen (secondary N) is 1. The summed E-state index contributed by atoms with van der Waals surface area (Å²) in [6.45, 7) is 3.67. The molecule has 1 aromatic heterocycles. The third kappa shape index (κ3) is 3.24. The van der Waals surface area contributed by atoms with Crippen molar-refractivity contribution < 1.29 is 4.79 Å². The molecule has 0 bridgehead atoms. The Morgan fingerprint density at radius 2 is 2.33 bits per heavy atom. The second-order valence-corrected chi connectivity index (χ2v) is 6.04. The van der Waals surface area contributed by atoms with Gasteiger partial charge in [0.05, 0.1) is 24.0 Å². The lowest BCUT2D eigenvalue weighted by Crippen LogP contribution is -2.33. The summed E-state index contributed by atoms with van der Waals surface area (Å²) in [6, 6.07) is 1.86. The molecule has 0 unspecified atom stereocenters. The van der Waals surface area contributed by atoms with Crippen LogP contribution in [0.15, 0.2) is 0 Å². The van der Waals surface area contributed by atoms with Crippen molar-refractivity contribution in [1.29, 1.82) is 5.26 Å². The fourth-order valence-corrected chi connectivity index (χ4v) is 2.99. The first-order valence-electron chi connectivity index (χ1n) is 7.57. The number of carbonyl (C=O) groups is 1. The van der Waals surface area contributed by atoms with Crippen molar-refractivity contribution in [1.82, 2.24) is 20.0 Å². The molecule has 0 saturated heterocycles. The van der Waals surface area contributed by atoms with E-state index < -0.39 is 0 Å².